The van der Waals surface area contributed by atoms with Crippen LogP contribution in [0.5, 0.6) is 0 Å². The fourth-order valence-corrected chi connectivity index (χ4v) is 0.691. The second-order valence-corrected chi connectivity index (χ2v) is 2.39. The molecule has 1 radical (unpaired) electrons. The topological polar surface area (TPSA) is 95.9 Å². The third kappa shape index (κ3) is 9.37. The van der Waals surface area contributed by atoms with Crippen molar-refractivity contribution in [1.29, 1.82) is 0 Å². The molecule has 1 aromatic carbocycles. The first-order valence-electron chi connectivity index (χ1n) is 3.79. The minimum atomic E-state index is -0.833. The first-order valence-corrected chi connectivity index (χ1v) is 3.79. The number of hydrogen-bond acceptors (Lipinski definition) is 4. The van der Waals surface area contributed by atoms with Gasteiger partial charge in [-0.15, -0.1) is 0 Å². The number of benzene rings is 1. The van der Waals surface area contributed by atoms with Crippen molar-refractivity contribution in [2.75, 3.05) is 5.73 Å². The molecule has 15 heavy (non-hydrogen) atoms. The number of carbonyl (C=O) groups is 1. The minimum absolute atomic E-state index is 0. The number of nitrogen functional groups attached to an aromatic ring is 1. The third-order valence-corrected chi connectivity index (χ3v) is 1.19. The van der Waals surface area contributed by atoms with Crippen LogP contribution in [0.15, 0.2) is 29.4 Å². The van der Waals surface area contributed by atoms with Gasteiger partial charge in [-0.1, -0.05) is 23.4 Å². The first kappa shape index (κ1) is 16.5. The maximum atomic E-state index is 9.00. The van der Waals surface area contributed by atoms with E-state index in [1.165, 1.54) is 6.21 Å². The molecule has 0 fully saturated rings. The molecule has 79 valence electrons. The molecule has 0 amide bonds. The maximum absolute atomic E-state index is 9.00. The van der Waals surface area contributed by atoms with E-state index in [9.17, 15) is 0 Å². The molecule has 0 aromatic heterocycles. The fraction of sp³-hybridized carbons (Fsp3) is 0.111. The number of nitrogens with two attached hydrogens (primary N) is 1. The van der Waals surface area contributed by atoms with Gasteiger partial charge in [0, 0.05) is 50.9 Å². The van der Waals surface area contributed by atoms with Gasteiger partial charge in [0.15, 0.2) is 0 Å². The van der Waals surface area contributed by atoms with Gasteiger partial charge in [-0.2, -0.15) is 0 Å². The van der Waals surface area contributed by atoms with Crippen molar-refractivity contribution in [1.82, 2.24) is 0 Å². The van der Waals surface area contributed by atoms with Crippen molar-refractivity contribution in [3.8, 4) is 0 Å². The van der Waals surface area contributed by atoms with Gasteiger partial charge in [-0.3, -0.25) is 4.79 Å². The zero-order valence-corrected chi connectivity index (χ0v) is 11.1. The molecule has 0 unspecified atom stereocenters. The van der Waals surface area contributed by atoms with Gasteiger partial charge < -0.3 is 16.0 Å². The summed E-state index contributed by atoms with van der Waals surface area (Å²) in [4.78, 5) is 9.00. The number of nitrogens with zero attached hydrogens (tertiary/aromatic N) is 1. The SMILES string of the molecule is CC(=O)O.Nc1ccccc1/C=N/O.[Y]. The quantitative estimate of drug-likeness (QED) is 0.312. The van der Waals surface area contributed by atoms with E-state index in [0.717, 1.165) is 12.5 Å². The minimum Gasteiger partial charge on any atom is -0.481 e. The van der Waals surface area contributed by atoms with Crippen LogP contribution in [0.2, 0.25) is 0 Å². The molecule has 0 heterocycles. The summed E-state index contributed by atoms with van der Waals surface area (Å²) >= 11 is 0. The normalized spacial score (nSPS) is 8.60. The van der Waals surface area contributed by atoms with Crippen LogP contribution in [0.4, 0.5) is 5.69 Å². The molecule has 4 N–H and O–H groups in total. The Kier molecular flexibility index (Phi) is 10.6. The van der Waals surface area contributed by atoms with Crippen LogP contribution in [-0.2, 0) is 37.5 Å². The number of aliphatic carboxylic acids is 1. The van der Waals surface area contributed by atoms with Crippen molar-refractivity contribution in [2.24, 2.45) is 5.16 Å². The van der Waals surface area contributed by atoms with Crippen molar-refractivity contribution in [3.63, 3.8) is 0 Å². The zero-order valence-electron chi connectivity index (χ0n) is 8.29. The van der Waals surface area contributed by atoms with Gasteiger partial charge in [0.05, 0.1) is 6.21 Å². The predicted octanol–water partition coefficient (Wildman–Crippen LogP) is 1.17. The zero-order chi connectivity index (χ0) is 11.0. The smallest absolute Gasteiger partial charge is 0.300 e. The summed E-state index contributed by atoms with van der Waals surface area (Å²) in [6.07, 6.45) is 1.30. The maximum Gasteiger partial charge on any atom is 0.300 e. The molecule has 0 spiro atoms. The summed E-state index contributed by atoms with van der Waals surface area (Å²) in [5.74, 6) is -0.833. The number of oxime groups is 1. The first-order chi connectivity index (χ1) is 6.57. The second kappa shape index (κ2) is 9.61. The monoisotopic (exact) mass is 285 g/mol. The molecule has 1 rings (SSSR count). The van der Waals surface area contributed by atoms with Crippen molar-refractivity contribution in [2.45, 2.75) is 6.92 Å². The molecule has 1 aromatic rings. The predicted molar refractivity (Wildman–Crippen MR) is 53.5 cm³/mol. The summed E-state index contributed by atoms with van der Waals surface area (Å²) in [5, 5.41) is 18.4. The van der Waals surface area contributed by atoms with Crippen molar-refractivity contribution < 1.29 is 47.8 Å². The molecule has 5 nitrogen and oxygen atoms in total. The average molecular weight is 285 g/mol. The molecule has 0 saturated heterocycles. The van der Waals surface area contributed by atoms with E-state index in [4.69, 9.17) is 20.8 Å². The van der Waals surface area contributed by atoms with Crippen molar-refractivity contribution in [3.05, 3.63) is 29.8 Å². The van der Waals surface area contributed by atoms with Gasteiger partial charge in [0.1, 0.15) is 0 Å². The summed E-state index contributed by atoms with van der Waals surface area (Å²) in [5.41, 5.74) is 6.84. The molecule has 0 aliphatic rings. The van der Waals surface area contributed by atoms with Gasteiger partial charge in [0.25, 0.3) is 5.97 Å². The van der Waals surface area contributed by atoms with E-state index in [-0.39, 0.29) is 32.7 Å². The number of para-hydroxylation sites is 1. The van der Waals surface area contributed by atoms with E-state index < -0.39 is 5.97 Å². The summed E-state index contributed by atoms with van der Waals surface area (Å²) in [6, 6.07) is 7.17. The molecule has 0 aliphatic heterocycles. The number of anilines is 1. The van der Waals surface area contributed by atoms with E-state index in [0.29, 0.717) is 5.69 Å². The van der Waals surface area contributed by atoms with Crippen LogP contribution >= 0.6 is 0 Å². The number of hydrogen-bond donors (Lipinski definition) is 3. The Morgan fingerprint density at radius 1 is 1.47 bits per heavy atom. The van der Waals surface area contributed by atoms with Crippen LogP contribution in [0.1, 0.15) is 12.5 Å². The van der Waals surface area contributed by atoms with E-state index in [2.05, 4.69) is 5.16 Å². The molecular formula is C9H12N2O3Y. The van der Waals surface area contributed by atoms with Crippen LogP contribution in [0.25, 0.3) is 0 Å². The third-order valence-electron chi connectivity index (χ3n) is 1.19. The van der Waals surface area contributed by atoms with Gasteiger partial charge in [0.2, 0.25) is 0 Å². The Bertz CT molecular complexity index is 325. The molecule has 0 aliphatic carbocycles. The van der Waals surface area contributed by atoms with Gasteiger partial charge in [-0.05, 0) is 6.07 Å². The Labute approximate surface area is 113 Å². The van der Waals surface area contributed by atoms with E-state index in [1.807, 2.05) is 12.1 Å². The number of carboxylic acids is 1. The Morgan fingerprint density at radius 3 is 2.33 bits per heavy atom. The Hall–Kier alpha value is -0.936. The number of rotatable bonds is 1. The van der Waals surface area contributed by atoms with Crippen molar-refractivity contribution >= 4 is 17.9 Å². The molecule has 6 heteroatoms. The molecule has 0 atom stereocenters. The van der Waals surface area contributed by atoms with Crippen LogP contribution in [0.3, 0.4) is 0 Å². The number of carboxylic acid groups (broad SMARTS) is 1. The summed E-state index contributed by atoms with van der Waals surface area (Å²) < 4.78 is 0. The molecular weight excluding hydrogens is 273 g/mol. The largest absolute Gasteiger partial charge is 0.481 e. The second-order valence-electron chi connectivity index (χ2n) is 2.39. The summed E-state index contributed by atoms with van der Waals surface area (Å²) in [6.45, 7) is 1.08. The standard InChI is InChI=1S/C7H8N2O.C2H4O2.Y/c8-7-4-2-1-3-6(7)5-9-10;1-2(3)4;/h1-5,10H,8H2;1H3,(H,3,4);/b9-5+;;. The van der Waals surface area contributed by atoms with Gasteiger partial charge in [-0.25, -0.2) is 0 Å². The average Bonchev–Trinajstić information content (AvgIpc) is 2.08. The molecule has 0 bridgehead atoms. The summed E-state index contributed by atoms with van der Waals surface area (Å²) in [7, 11) is 0. The Balaban J connectivity index is 0. The van der Waals surface area contributed by atoms with Crippen LogP contribution in [0, 0.1) is 0 Å². The van der Waals surface area contributed by atoms with E-state index in [1.54, 1.807) is 12.1 Å². The fourth-order valence-electron chi connectivity index (χ4n) is 0.691. The Morgan fingerprint density at radius 2 is 1.93 bits per heavy atom. The molecule has 0 saturated carbocycles. The van der Waals surface area contributed by atoms with E-state index >= 15 is 0 Å². The van der Waals surface area contributed by atoms with Crippen LogP contribution in [-0.4, -0.2) is 22.5 Å². The van der Waals surface area contributed by atoms with Gasteiger partial charge >= 0.3 is 0 Å². The van der Waals surface area contributed by atoms with Crippen LogP contribution < -0.4 is 5.73 Å².